The third-order valence-corrected chi connectivity index (χ3v) is 7.15. The van der Waals surface area contributed by atoms with E-state index in [-0.39, 0.29) is 28.9 Å². The van der Waals surface area contributed by atoms with Crippen molar-refractivity contribution in [1.82, 2.24) is 5.32 Å². The summed E-state index contributed by atoms with van der Waals surface area (Å²) in [6.45, 7) is 1.85. The number of para-hydroxylation sites is 1. The number of benzene rings is 3. The van der Waals surface area contributed by atoms with Crippen molar-refractivity contribution in [3.8, 4) is 11.5 Å². The van der Waals surface area contributed by atoms with Crippen LogP contribution in [0.3, 0.4) is 0 Å². The maximum Gasteiger partial charge on any atom is 0.256 e. The second-order valence-electron chi connectivity index (χ2n) is 8.95. The molecule has 0 saturated carbocycles. The summed E-state index contributed by atoms with van der Waals surface area (Å²) in [5.41, 5.74) is 0.694. The third-order valence-electron chi connectivity index (χ3n) is 6.87. The Morgan fingerprint density at radius 1 is 1.17 bits per heavy atom. The lowest BCUT2D eigenvalue weighted by atomic mass is 9.78. The molecule has 8 nitrogen and oxygen atoms in total. The molecule has 36 heavy (non-hydrogen) atoms. The topological polar surface area (TPSA) is 103 Å². The van der Waals surface area contributed by atoms with E-state index in [0.29, 0.717) is 22.4 Å². The lowest BCUT2D eigenvalue weighted by Gasteiger charge is -2.25. The first-order chi connectivity index (χ1) is 17.3. The molecule has 186 valence electrons. The normalized spacial score (nSPS) is 24.4. The molecule has 10 heteroatoms. The van der Waals surface area contributed by atoms with Crippen molar-refractivity contribution in [3.63, 3.8) is 0 Å². The van der Waals surface area contributed by atoms with Gasteiger partial charge in [-0.25, -0.2) is 4.39 Å². The van der Waals surface area contributed by atoms with Gasteiger partial charge in [0.15, 0.2) is 17.0 Å². The minimum Gasteiger partial charge on any atom is -0.493 e. The summed E-state index contributed by atoms with van der Waals surface area (Å²) in [5.74, 6) is -1.04. The number of rotatable bonds is 6. The number of hydrogen-bond donors (Lipinski definition) is 2. The Hall–Kier alpha value is -3.69. The Kier molecular flexibility index (Phi) is 6.05. The van der Waals surface area contributed by atoms with E-state index in [0.717, 1.165) is 0 Å². The predicted molar refractivity (Wildman–Crippen MR) is 132 cm³/mol. The standard InChI is InChI=1S/C26H23ClFN3O5/c1-14-22(24(31(33)34)26(30-14)18-8-3-4-9-20(18)29-25(26)32)16-11-19(27)23(21(12-16)35-2)36-13-15-6-5-7-17(28)10-15/h3-12,14,22,24,30H,13H2,1-2H3,(H,29,32)/t14-,22-,24-,26-/m0/s1. The number of nitrogens with zero attached hydrogens (tertiary/aromatic N) is 1. The quantitative estimate of drug-likeness (QED) is 0.369. The zero-order chi connectivity index (χ0) is 25.6. The van der Waals surface area contributed by atoms with Crippen molar-refractivity contribution >= 4 is 23.2 Å². The summed E-state index contributed by atoms with van der Waals surface area (Å²) in [7, 11) is 1.44. The number of fused-ring (bicyclic) bond motifs is 2. The van der Waals surface area contributed by atoms with E-state index in [1.807, 2.05) is 0 Å². The monoisotopic (exact) mass is 511 g/mol. The van der Waals surface area contributed by atoms with Crippen LogP contribution in [0.1, 0.15) is 29.5 Å². The molecule has 3 aromatic carbocycles. The number of nitrogens with one attached hydrogen (secondary N) is 2. The summed E-state index contributed by atoms with van der Waals surface area (Å²) >= 11 is 6.58. The fraction of sp³-hybridized carbons (Fsp3) is 0.269. The number of anilines is 1. The number of ether oxygens (including phenoxy) is 2. The highest BCUT2D eigenvalue weighted by molar-refractivity contribution is 6.32. The highest BCUT2D eigenvalue weighted by atomic mass is 35.5. The highest BCUT2D eigenvalue weighted by Crippen LogP contribution is 2.51. The van der Waals surface area contributed by atoms with Gasteiger partial charge in [0.05, 0.1) is 18.1 Å². The molecule has 2 N–H and O–H groups in total. The van der Waals surface area contributed by atoms with Crippen molar-refractivity contribution in [2.75, 3.05) is 12.4 Å². The molecule has 0 aromatic heterocycles. The maximum atomic E-state index is 13.5. The molecule has 2 aliphatic heterocycles. The highest BCUT2D eigenvalue weighted by Gasteiger charge is 2.67. The van der Waals surface area contributed by atoms with Crippen LogP contribution in [0.25, 0.3) is 0 Å². The number of hydrogen-bond acceptors (Lipinski definition) is 6. The van der Waals surface area contributed by atoms with Gasteiger partial charge >= 0.3 is 0 Å². The molecule has 2 aliphatic rings. The van der Waals surface area contributed by atoms with Crippen molar-refractivity contribution < 1.29 is 23.6 Å². The summed E-state index contributed by atoms with van der Waals surface area (Å²) in [6.07, 6.45) is 0. The van der Waals surface area contributed by atoms with E-state index >= 15 is 0 Å². The molecule has 1 spiro atoms. The molecule has 1 saturated heterocycles. The van der Waals surface area contributed by atoms with Crippen molar-refractivity contribution in [2.24, 2.45) is 0 Å². The van der Waals surface area contributed by atoms with E-state index in [1.165, 1.54) is 19.2 Å². The fourth-order valence-corrected chi connectivity index (χ4v) is 5.68. The number of carbonyl (C=O) groups is 1. The first-order valence-corrected chi connectivity index (χ1v) is 11.7. The van der Waals surface area contributed by atoms with Gasteiger partial charge in [0.25, 0.3) is 11.9 Å². The van der Waals surface area contributed by atoms with Crippen LogP contribution in [0, 0.1) is 15.9 Å². The van der Waals surface area contributed by atoms with E-state index in [2.05, 4.69) is 10.6 Å². The Bertz CT molecular complexity index is 1370. The first-order valence-electron chi connectivity index (χ1n) is 11.3. The van der Waals surface area contributed by atoms with Crippen molar-refractivity contribution in [2.45, 2.75) is 37.1 Å². The predicted octanol–water partition coefficient (Wildman–Crippen LogP) is 4.63. The summed E-state index contributed by atoms with van der Waals surface area (Å²) in [4.78, 5) is 25.3. The van der Waals surface area contributed by atoms with Gasteiger partial charge in [-0.15, -0.1) is 0 Å². The lowest BCUT2D eigenvalue weighted by molar-refractivity contribution is -0.532. The van der Waals surface area contributed by atoms with Crippen LogP contribution in [0.15, 0.2) is 60.7 Å². The van der Waals surface area contributed by atoms with Gasteiger partial charge in [0, 0.05) is 22.2 Å². The van der Waals surface area contributed by atoms with Gasteiger partial charge in [-0.3, -0.25) is 20.2 Å². The number of nitro groups is 1. The molecule has 3 aromatic rings. The second kappa shape index (κ2) is 9.07. The number of carbonyl (C=O) groups excluding carboxylic acids is 1. The van der Waals surface area contributed by atoms with E-state index < -0.39 is 34.4 Å². The molecule has 0 bridgehead atoms. The molecule has 5 rings (SSSR count). The van der Waals surface area contributed by atoms with E-state index in [4.69, 9.17) is 21.1 Å². The molecular weight excluding hydrogens is 489 g/mol. The first kappa shape index (κ1) is 24.0. The molecular formula is C26H23ClFN3O5. The van der Waals surface area contributed by atoms with Crippen LogP contribution in [0.5, 0.6) is 11.5 Å². The van der Waals surface area contributed by atoms with Crippen LogP contribution in [-0.2, 0) is 16.9 Å². The SMILES string of the molecule is COc1cc([C@@H]2[C@H](C)N[C@]3(C(=O)Nc4ccccc43)[C@H]2[N+](=O)[O-])cc(Cl)c1OCc1cccc(F)c1. The van der Waals surface area contributed by atoms with Gasteiger partial charge in [-0.2, -0.15) is 0 Å². The van der Waals surface area contributed by atoms with Crippen LogP contribution in [0.4, 0.5) is 10.1 Å². The average molecular weight is 512 g/mol. The molecule has 2 heterocycles. The van der Waals surface area contributed by atoms with Crippen LogP contribution < -0.4 is 20.1 Å². The number of halogens is 2. The Morgan fingerprint density at radius 2 is 1.94 bits per heavy atom. The zero-order valence-electron chi connectivity index (χ0n) is 19.5. The van der Waals surface area contributed by atoms with Gasteiger partial charge in [0.1, 0.15) is 12.4 Å². The summed E-state index contributed by atoms with van der Waals surface area (Å²) < 4.78 is 24.9. The molecule has 4 atom stereocenters. The molecule has 1 amide bonds. The second-order valence-corrected chi connectivity index (χ2v) is 9.36. The van der Waals surface area contributed by atoms with Crippen LogP contribution >= 0.6 is 11.6 Å². The average Bonchev–Trinajstić information content (AvgIpc) is 3.31. The minimum absolute atomic E-state index is 0.0478. The fourth-order valence-electron chi connectivity index (χ4n) is 5.41. The molecule has 1 fully saturated rings. The number of methoxy groups -OCH3 is 1. The van der Waals surface area contributed by atoms with Crippen molar-refractivity contribution in [1.29, 1.82) is 0 Å². The number of amides is 1. The zero-order valence-corrected chi connectivity index (χ0v) is 20.2. The third kappa shape index (κ3) is 3.75. The lowest BCUT2D eigenvalue weighted by Crippen LogP contribution is -2.54. The molecule has 0 aliphatic carbocycles. The van der Waals surface area contributed by atoms with Gasteiger partial charge in [-0.05, 0) is 48.4 Å². The van der Waals surface area contributed by atoms with Gasteiger partial charge < -0.3 is 14.8 Å². The molecule has 0 unspecified atom stereocenters. The van der Waals surface area contributed by atoms with Gasteiger partial charge in [0.2, 0.25) is 0 Å². The summed E-state index contributed by atoms with van der Waals surface area (Å²) in [6, 6.07) is 14.4. The van der Waals surface area contributed by atoms with E-state index in [9.17, 15) is 19.3 Å². The Balaban J connectivity index is 1.53. The smallest absolute Gasteiger partial charge is 0.256 e. The Labute approximate surface area is 211 Å². The minimum atomic E-state index is -1.53. The Morgan fingerprint density at radius 3 is 2.67 bits per heavy atom. The molecule has 0 radical (unpaired) electrons. The van der Waals surface area contributed by atoms with Crippen LogP contribution in [0.2, 0.25) is 5.02 Å². The van der Waals surface area contributed by atoms with E-state index in [1.54, 1.807) is 55.5 Å². The van der Waals surface area contributed by atoms with Crippen molar-refractivity contribution in [3.05, 3.63) is 98.3 Å². The maximum absolute atomic E-state index is 13.5. The largest absolute Gasteiger partial charge is 0.493 e. The van der Waals surface area contributed by atoms with Crippen LogP contribution in [-0.4, -0.2) is 30.0 Å². The van der Waals surface area contributed by atoms with Gasteiger partial charge in [-0.1, -0.05) is 41.9 Å². The summed E-state index contributed by atoms with van der Waals surface area (Å²) in [5, 5.41) is 18.7.